The topological polar surface area (TPSA) is 92.9 Å². The second-order valence-electron chi connectivity index (χ2n) is 5.20. The number of carbonyl (C=O) groups excluding carboxylic acids is 1. The van der Waals surface area contributed by atoms with Gasteiger partial charge in [0, 0.05) is 18.7 Å². The number of nitrogens with two attached hydrogens (primary N) is 1. The van der Waals surface area contributed by atoms with Crippen molar-refractivity contribution in [3.05, 3.63) is 51.9 Å². The number of nitrogens with one attached hydrogen (secondary N) is 2. The molecule has 4 N–H and O–H groups in total. The van der Waals surface area contributed by atoms with E-state index in [2.05, 4.69) is 10.4 Å². The predicted molar refractivity (Wildman–Crippen MR) is 89.0 cm³/mol. The minimum Gasteiger partial charge on any atom is -0.351 e. The van der Waals surface area contributed by atoms with Gasteiger partial charge in [-0.25, -0.2) is 4.68 Å². The summed E-state index contributed by atoms with van der Waals surface area (Å²) in [5, 5.41) is 5.54. The van der Waals surface area contributed by atoms with E-state index in [9.17, 15) is 9.59 Å². The average molecular weight is 325 g/mol. The van der Waals surface area contributed by atoms with E-state index in [1.807, 2.05) is 38.1 Å². The molecule has 1 aromatic heterocycles. The van der Waals surface area contributed by atoms with Gasteiger partial charge in [-0.15, -0.1) is 12.4 Å². The third-order valence-electron chi connectivity index (χ3n) is 3.14. The lowest BCUT2D eigenvalue weighted by Crippen LogP contribution is -2.29. The Balaban J connectivity index is 0.00000242. The molecule has 0 saturated heterocycles. The van der Waals surface area contributed by atoms with Crippen molar-refractivity contribution < 1.29 is 4.79 Å². The predicted octanol–water partition coefficient (Wildman–Crippen LogP) is 1.36. The molecule has 0 aliphatic heterocycles. The van der Waals surface area contributed by atoms with Crippen molar-refractivity contribution >= 4 is 18.3 Å². The molecule has 0 bridgehead atoms. The van der Waals surface area contributed by atoms with Crippen LogP contribution in [0.25, 0.3) is 5.69 Å². The summed E-state index contributed by atoms with van der Waals surface area (Å²) >= 11 is 0. The van der Waals surface area contributed by atoms with Gasteiger partial charge in [-0.3, -0.25) is 14.7 Å². The van der Waals surface area contributed by atoms with E-state index in [1.54, 1.807) is 0 Å². The maximum absolute atomic E-state index is 11.9. The van der Waals surface area contributed by atoms with Gasteiger partial charge in [-0.05, 0) is 32.4 Å². The first-order chi connectivity index (χ1) is 9.97. The van der Waals surface area contributed by atoms with E-state index < -0.39 is 0 Å². The molecule has 2 aromatic rings. The summed E-state index contributed by atoms with van der Waals surface area (Å²) in [5.74, 6) is -0.307. The molecule has 1 atom stereocenters. The van der Waals surface area contributed by atoms with Crippen molar-refractivity contribution in [3.63, 3.8) is 0 Å². The van der Waals surface area contributed by atoms with Crippen LogP contribution < -0.4 is 16.6 Å². The highest BCUT2D eigenvalue weighted by Gasteiger charge is 2.11. The number of amides is 1. The zero-order valence-corrected chi connectivity index (χ0v) is 13.4. The number of aromatic nitrogens is 2. The molecule has 0 aliphatic rings. The summed E-state index contributed by atoms with van der Waals surface area (Å²) in [6.45, 7) is 4.33. The number of aromatic amines is 1. The first-order valence-electron chi connectivity index (χ1n) is 6.90. The molecule has 0 spiro atoms. The first kappa shape index (κ1) is 18.0. The minimum atomic E-state index is -0.307. The number of hydrogen-bond donors (Lipinski definition) is 3. The number of aryl methyl sites for hydroxylation is 1. The van der Waals surface area contributed by atoms with E-state index in [4.69, 9.17) is 5.73 Å². The molecule has 0 fully saturated rings. The lowest BCUT2D eigenvalue weighted by molar-refractivity contribution is 0.0947. The Labute approximate surface area is 135 Å². The van der Waals surface area contributed by atoms with Gasteiger partial charge in [0.05, 0.1) is 5.69 Å². The lowest BCUT2D eigenvalue weighted by Gasteiger charge is -2.06. The Kier molecular flexibility index (Phi) is 6.39. The van der Waals surface area contributed by atoms with Crippen LogP contribution in [-0.2, 0) is 0 Å². The molecular formula is C15H21ClN4O2. The number of carbonyl (C=O) groups is 1. The Bertz CT molecular complexity index is 674. The molecule has 0 saturated carbocycles. The van der Waals surface area contributed by atoms with Crippen LogP contribution in [0.3, 0.4) is 0 Å². The Morgan fingerprint density at radius 1 is 1.36 bits per heavy atom. The normalized spacial score (nSPS) is 11.6. The van der Waals surface area contributed by atoms with Crippen molar-refractivity contribution in [3.8, 4) is 5.69 Å². The summed E-state index contributed by atoms with van der Waals surface area (Å²) in [6.07, 6.45) is 0.689. The van der Waals surface area contributed by atoms with Crippen molar-refractivity contribution in [1.82, 2.24) is 15.1 Å². The molecule has 7 heteroatoms. The van der Waals surface area contributed by atoms with E-state index in [-0.39, 0.29) is 35.6 Å². The summed E-state index contributed by atoms with van der Waals surface area (Å²) < 4.78 is 1.35. The number of H-pyrrole nitrogens is 1. The molecular weight excluding hydrogens is 304 g/mol. The van der Waals surface area contributed by atoms with Crippen molar-refractivity contribution in [1.29, 1.82) is 0 Å². The fourth-order valence-electron chi connectivity index (χ4n) is 1.91. The van der Waals surface area contributed by atoms with Gasteiger partial charge in [-0.2, -0.15) is 0 Å². The van der Waals surface area contributed by atoms with Crippen molar-refractivity contribution in [2.24, 2.45) is 5.73 Å². The highest BCUT2D eigenvalue weighted by molar-refractivity contribution is 5.92. The van der Waals surface area contributed by atoms with Gasteiger partial charge >= 0.3 is 0 Å². The van der Waals surface area contributed by atoms with Crippen molar-refractivity contribution in [2.75, 3.05) is 6.54 Å². The second kappa shape index (κ2) is 7.82. The van der Waals surface area contributed by atoms with Gasteiger partial charge in [0.25, 0.3) is 11.5 Å². The number of benzene rings is 1. The Morgan fingerprint density at radius 2 is 2.00 bits per heavy atom. The van der Waals surface area contributed by atoms with E-state index >= 15 is 0 Å². The third-order valence-corrected chi connectivity index (χ3v) is 3.14. The molecule has 0 radical (unpaired) electrons. The molecule has 1 amide bonds. The Hall–Kier alpha value is -2.05. The van der Waals surface area contributed by atoms with Crippen LogP contribution in [0.4, 0.5) is 0 Å². The van der Waals surface area contributed by atoms with Crippen LogP contribution in [-0.4, -0.2) is 28.3 Å². The fraction of sp³-hybridized carbons (Fsp3) is 0.333. The van der Waals surface area contributed by atoms with E-state index in [1.165, 1.54) is 10.7 Å². The molecule has 120 valence electrons. The van der Waals surface area contributed by atoms with Gasteiger partial charge in [0.2, 0.25) is 0 Å². The highest BCUT2D eigenvalue weighted by Crippen LogP contribution is 2.06. The largest absolute Gasteiger partial charge is 0.351 e. The molecule has 6 nitrogen and oxygen atoms in total. The van der Waals surface area contributed by atoms with Crippen LogP contribution in [0.1, 0.15) is 29.4 Å². The lowest BCUT2D eigenvalue weighted by atomic mass is 10.2. The summed E-state index contributed by atoms with van der Waals surface area (Å²) in [4.78, 5) is 23.9. The first-order valence-corrected chi connectivity index (χ1v) is 6.90. The molecule has 1 unspecified atom stereocenters. The maximum atomic E-state index is 11.9. The molecule has 2 rings (SSSR count). The minimum absolute atomic E-state index is 0. The van der Waals surface area contributed by atoms with Crippen LogP contribution in [0.2, 0.25) is 0 Å². The fourth-order valence-corrected chi connectivity index (χ4v) is 1.91. The molecule has 1 heterocycles. The average Bonchev–Trinajstić information content (AvgIpc) is 2.81. The number of rotatable bonds is 5. The third kappa shape index (κ3) is 4.47. The molecule has 0 aliphatic carbocycles. The molecule has 22 heavy (non-hydrogen) atoms. The maximum Gasteiger partial charge on any atom is 0.271 e. The SMILES string of the molecule is Cc1ccc(-n2[nH]c(C(=O)NCCC(C)N)cc2=O)cc1.Cl. The monoisotopic (exact) mass is 324 g/mol. The van der Waals surface area contributed by atoms with Gasteiger partial charge in [0.15, 0.2) is 0 Å². The van der Waals surface area contributed by atoms with Gasteiger partial charge in [-0.1, -0.05) is 17.7 Å². The van der Waals surface area contributed by atoms with Gasteiger partial charge < -0.3 is 11.1 Å². The highest BCUT2D eigenvalue weighted by atomic mass is 35.5. The van der Waals surface area contributed by atoms with E-state index in [0.717, 1.165) is 5.56 Å². The van der Waals surface area contributed by atoms with Crippen LogP contribution >= 0.6 is 12.4 Å². The number of halogens is 1. The number of nitrogens with zero attached hydrogens (tertiary/aromatic N) is 1. The summed E-state index contributed by atoms with van der Waals surface area (Å²) in [6, 6.07) is 8.79. The van der Waals surface area contributed by atoms with E-state index in [0.29, 0.717) is 18.7 Å². The summed E-state index contributed by atoms with van der Waals surface area (Å²) in [7, 11) is 0. The van der Waals surface area contributed by atoms with Gasteiger partial charge in [0.1, 0.15) is 5.69 Å². The smallest absolute Gasteiger partial charge is 0.271 e. The standard InChI is InChI=1S/C15H20N4O2.ClH/c1-10-3-5-12(6-4-10)19-14(20)9-13(18-19)15(21)17-8-7-11(2)16;/h3-6,9,11,18H,7-8,16H2,1-2H3,(H,17,21);1H. The Morgan fingerprint density at radius 3 is 2.59 bits per heavy atom. The van der Waals surface area contributed by atoms with Crippen LogP contribution in [0.15, 0.2) is 35.1 Å². The quantitative estimate of drug-likeness (QED) is 0.775. The zero-order chi connectivity index (χ0) is 15.4. The van der Waals surface area contributed by atoms with Crippen LogP contribution in [0, 0.1) is 6.92 Å². The van der Waals surface area contributed by atoms with Crippen LogP contribution in [0.5, 0.6) is 0 Å². The van der Waals surface area contributed by atoms with Crippen molar-refractivity contribution in [2.45, 2.75) is 26.3 Å². The summed E-state index contributed by atoms with van der Waals surface area (Å²) in [5.41, 5.74) is 7.39. The zero-order valence-electron chi connectivity index (χ0n) is 12.6. The second-order valence-corrected chi connectivity index (χ2v) is 5.20. The number of hydrogen-bond acceptors (Lipinski definition) is 3. The molecule has 1 aromatic carbocycles.